The van der Waals surface area contributed by atoms with E-state index in [4.69, 9.17) is 5.26 Å². The minimum absolute atomic E-state index is 0.193. The zero-order chi connectivity index (χ0) is 13.0. The van der Waals surface area contributed by atoms with Crippen LogP contribution in [0, 0.1) is 17.1 Å². The molecule has 1 aromatic carbocycles. The Balaban J connectivity index is 2.36. The fourth-order valence-corrected chi connectivity index (χ4v) is 1.65. The normalized spacial score (nSPS) is 11.6. The molecular weight excluding hydrogens is 231 g/mol. The van der Waals surface area contributed by atoms with E-state index in [1.54, 1.807) is 12.1 Å². The van der Waals surface area contributed by atoms with Crippen molar-refractivity contribution in [1.29, 1.82) is 5.26 Å². The third-order valence-electron chi connectivity index (χ3n) is 2.54. The van der Waals surface area contributed by atoms with Crippen molar-refractivity contribution >= 4 is 5.78 Å². The van der Waals surface area contributed by atoms with Gasteiger partial charge in [-0.3, -0.25) is 9.78 Å². The number of carbonyl (C=O) groups is 1. The Kier molecular flexibility index (Phi) is 3.44. The Labute approximate surface area is 104 Å². The molecule has 18 heavy (non-hydrogen) atoms. The molecule has 0 bridgehead atoms. The lowest BCUT2D eigenvalue weighted by atomic mass is 9.92. The van der Waals surface area contributed by atoms with Gasteiger partial charge < -0.3 is 0 Å². The van der Waals surface area contributed by atoms with Gasteiger partial charge in [0.25, 0.3) is 0 Å². The van der Waals surface area contributed by atoms with Crippen molar-refractivity contribution in [3.63, 3.8) is 0 Å². The summed E-state index contributed by atoms with van der Waals surface area (Å²) >= 11 is 0. The highest BCUT2D eigenvalue weighted by Gasteiger charge is 2.21. The van der Waals surface area contributed by atoms with Crippen LogP contribution in [-0.4, -0.2) is 10.8 Å². The number of rotatable bonds is 3. The van der Waals surface area contributed by atoms with E-state index in [0.717, 1.165) is 6.07 Å². The molecular formula is C14H9FN2O. The fraction of sp³-hybridized carbons (Fsp3) is 0.0714. The molecule has 2 aromatic rings. The summed E-state index contributed by atoms with van der Waals surface area (Å²) in [5.74, 6) is -1.84. The second kappa shape index (κ2) is 5.19. The van der Waals surface area contributed by atoms with Crippen molar-refractivity contribution < 1.29 is 9.18 Å². The van der Waals surface area contributed by atoms with E-state index in [2.05, 4.69) is 4.98 Å². The van der Waals surface area contributed by atoms with Gasteiger partial charge in [-0.25, -0.2) is 4.39 Å². The molecule has 1 atom stereocenters. The Morgan fingerprint density at radius 2 is 2.00 bits per heavy atom. The third kappa shape index (κ3) is 2.41. The van der Waals surface area contributed by atoms with Crippen LogP contribution in [0.4, 0.5) is 4.39 Å². The first-order valence-electron chi connectivity index (χ1n) is 5.31. The number of nitrogens with zero attached hydrogens (tertiary/aromatic N) is 2. The SMILES string of the molecule is N#CC(C(=O)c1cccc(F)c1)c1ccncc1. The number of hydrogen-bond acceptors (Lipinski definition) is 3. The molecule has 0 radical (unpaired) electrons. The van der Waals surface area contributed by atoms with Crippen LogP contribution in [-0.2, 0) is 0 Å². The molecule has 0 N–H and O–H groups in total. The van der Waals surface area contributed by atoms with Gasteiger partial charge in [-0.1, -0.05) is 12.1 Å². The summed E-state index contributed by atoms with van der Waals surface area (Å²) in [5, 5.41) is 9.10. The summed E-state index contributed by atoms with van der Waals surface area (Å²) in [4.78, 5) is 15.9. The van der Waals surface area contributed by atoms with Crippen LogP contribution in [0.1, 0.15) is 21.8 Å². The predicted octanol–water partition coefficient (Wildman–Crippen LogP) is 2.71. The number of pyridine rings is 1. The lowest BCUT2D eigenvalue weighted by molar-refractivity contribution is 0.0978. The van der Waals surface area contributed by atoms with E-state index >= 15 is 0 Å². The van der Waals surface area contributed by atoms with Crippen LogP contribution >= 0.6 is 0 Å². The van der Waals surface area contributed by atoms with Crippen LogP contribution in [0.25, 0.3) is 0 Å². The minimum atomic E-state index is -0.935. The van der Waals surface area contributed by atoms with Crippen molar-refractivity contribution in [3.05, 3.63) is 65.7 Å². The topological polar surface area (TPSA) is 53.8 Å². The lowest BCUT2D eigenvalue weighted by Crippen LogP contribution is -2.11. The number of benzene rings is 1. The third-order valence-corrected chi connectivity index (χ3v) is 2.54. The van der Waals surface area contributed by atoms with Crippen molar-refractivity contribution in [3.8, 4) is 6.07 Å². The molecule has 2 rings (SSSR count). The molecule has 0 fully saturated rings. The summed E-state index contributed by atoms with van der Waals surface area (Å²) in [6, 6.07) is 10.5. The maximum atomic E-state index is 13.1. The first-order chi connectivity index (χ1) is 8.72. The molecule has 4 heteroatoms. The van der Waals surface area contributed by atoms with Crippen LogP contribution in [0.2, 0.25) is 0 Å². The molecule has 0 saturated carbocycles. The van der Waals surface area contributed by atoms with E-state index in [9.17, 15) is 9.18 Å². The second-order valence-electron chi connectivity index (χ2n) is 3.72. The number of halogens is 1. The molecule has 0 amide bonds. The maximum Gasteiger partial charge on any atom is 0.184 e. The number of ketones is 1. The highest BCUT2D eigenvalue weighted by Crippen LogP contribution is 2.20. The Bertz CT molecular complexity index is 605. The molecule has 0 aliphatic rings. The van der Waals surface area contributed by atoms with Crippen molar-refractivity contribution in [2.45, 2.75) is 5.92 Å². The summed E-state index contributed by atoms with van der Waals surface area (Å²) in [6.07, 6.45) is 3.02. The lowest BCUT2D eigenvalue weighted by Gasteiger charge is -2.08. The average Bonchev–Trinajstić information content (AvgIpc) is 2.41. The van der Waals surface area contributed by atoms with E-state index in [-0.39, 0.29) is 5.56 Å². The number of aromatic nitrogens is 1. The largest absolute Gasteiger partial charge is 0.292 e. The van der Waals surface area contributed by atoms with Gasteiger partial charge in [0.1, 0.15) is 11.7 Å². The summed E-state index contributed by atoms with van der Waals surface area (Å²) in [7, 11) is 0. The Morgan fingerprint density at radius 1 is 1.28 bits per heavy atom. The van der Waals surface area contributed by atoms with Gasteiger partial charge >= 0.3 is 0 Å². The zero-order valence-corrected chi connectivity index (χ0v) is 9.38. The van der Waals surface area contributed by atoms with Gasteiger partial charge in [0, 0.05) is 18.0 Å². The predicted molar refractivity (Wildman–Crippen MR) is 63.3 cm³/mol. The van der Waals surface area contributed by atoms with E-state index in [1.165, 1.54) is 30.6 Å². The summed E-state index contributed by atoms with van der Waals surface area (Å²) in [6.45, 7) is 0. The number of nitriles is 1. The van der Waals surface area contributed by atoms with Gasteiger partial charge in [0.05, 0.1) is 6.07 Å². The van der Waals surface area contributed by atoms with Crippen LogP contribution < -0.4 is 0 Å². The molecule has 0 spiro atoms. The standard InChI is InChI=1S/C14H9FN2O/c15-12-3-1-2-11(8-12)14(18)13(9-16)10-4-6-17-7-5-10/h1-8,13H. The highest BCUT2D eigenvalue weighted by atomic mass is 19.1. The van der Waals surface area contributed by atoms with E-state index < -0.39 is 17.5 Å². The number of carbonyl (C=O) groups excluding carboxylic acids is 1. The van der Waals surface area contributed by atoms with Crippen LogP contribution in [0.3, 0.4) is 0 Å². The average molecular weight is 240 g/mol. The molecule has 1 unspecified atom stereocenters. The first kappa shape index (κ1) is 11.9. The number of Topliss-reactive ketones (excluding diaryl/α,β-unsaturated/α-hetero) is 1. The maximum absolute atomic E-state index is 13.1. The highest BCUT2D eigenvalue weighted by molar-refractivity contribution is 6.02. The second-order valence-corrected chi connectivity index (χ2v) is 3.72. The molecule has 0 aliphatic heterocycles. The van der Waals surface area contributed by atoms with Crippen molar-refractivity contribution in [2.24, 2.45) is 0 Å². The molecule has 0 saturated heterocycles. The van der Waals surface area contributed by atoms with E-state index in [1.807, 2.05) is 6.07 Å². The first-order valence-corrected chi connectivity index (χ1v) is 5.31. The van der Waals surface area contributed by atoms with E-state index in [0.29, 0.717) is 5.56 Å². The molecule has 3 nitrogen and oxygen atoms in total. The number of hydrogen-bond donors (Lipinski definition) is 0. The zero-order valence-electron chi connectivity index (χ0n) is 9.38. The minimum Gasteiger partial charge on any atom is -0.292 e. The van der Waals surface area contributed by atoms with Crippen LogP contribution in [0.15, 0.2) is 48.8 Å². The molecule has 88 valence electrons. The molecule has 1 aromatic heterocycles. The smallest absolute Gasteiger partial charge is 0.184 e. The van der Waals surface area contributed by atoms with Crippen molar-refractivity contribution in [1.82, 2.24) is 4.98 Å². The van der Waals surface area contributed by atoms with Gasteiger partial charge in [-0.05, 0) is 29.8 Å². The molecule has 0 aliphatic carbocycles. The van der Waals surface area contributed by atoms with Crippen molar-refractivity contribution in [2.75, 3.05) is 0 Å². The van der Waals surface area contributed by atoms with Gasteiger partial charge in [-0.15, -0.1) is 0 Å². The van der Waals surface area contributed by atoms with Gasteiger partial charge in [0.2, 0.25) is 0 Å². The monoisotopic (exact) mass is 240 g/mol. The van der Waals surface area contributed by atoms with Crippen LogP contribution in [0.5, 0.6) is 0 Å². The van der Waals surface area contributed by atoms with Gasteiger partial charge in [-0.2, -0.15) is 5.26 Å². The Morgan fingerprint density at radius 3 is 2.61 bits per heavy atom. The quantitative estimate of drug-likeness (QED) is 0.775. The summed E-state index contributed by atoms with van der Waals surface area (Å²) < 4.78 is 13.1. The molecule has 1 heterocycles. The fourth-order valence-electron chi connectivity index (χ4n) is 1.65. The van der Waals surface area contributed by atoms with Gasteiger partial charge in [0.15, 0.2) is 5.78 Å². The summed E-state index contributed by atoms with van der Waals surface area (Å²) in [5.41, 5.74) is 0.750. The Hall–Kier alpha value is -2.54.